The number of thioether (sulfide) groups is 2. The lowest BCUT2D eigenvalue weighted by Gasteiger charge is -2.27. The number of ether oxygens (including phenoxy) is 1. The summed E-state index contributed by atoms with van der Waals surface area (Å²) >= 11 is 3.47. The molecule has 2 aromatic heterocycles. The molecule has 0 aliphatic heterocycles. The van der Waals surface area contributed by atoms with Crippen LogP contribution in [0.5, 0.6) is 11.6 Å². The van der Waals surface area contributed by atoms with Gasteiger partial charge in [-0.05, 0) is 68.3 Å². The molecule has 0 unspecified atom stereocenters. The summed E-state index contributed by atoms with van der Waals surface area (Å²) in [7, 11) is 0. The van der Waals surface area contributed by atoms with Crippen molar-refractivity contribution < 1.29 is 9.66 Å². The van der Waals surface area contributed by atoms with E-state index in [0.717, 1.165) is 30.6 Å². The number of rotatable bonds is 7. The van der Waals surface area contributed by atoms with Crippen molar-refractivity contribution in [3.63, 3.8) is 0 Å². The second kappa shape index (κ2) is 10.1. The van der Waals surface area contributed by atoms with Crippen LogP contribution in [-0.2, 0) is 0 Å². The largest absolute Gasteiger partial charge is 0.434 e. The van der Waals surface area contributed by atoms with E-state index in [-0.39, 0.29) is 17.5 Å². The molecule has 0 atom stereocenters. The molecule has 4 rings (SSSR count). The number of aromatic nitrogens is 3. The average Bonchev–Trinajstić information content (AvgIpc) is 2.80. The van der Waals surface area contributed by atoms with E-state index in [0.29, 0.717) is 16.7 Å². The van der Waals surface area contributed by atoms with Crippen LogP contribution >= 0.6 is 23.5 Å². The Hall–Kier alpha value is -2.65. The molecular weight excluding hydrogens is 432 g/mol. The summed E-state index contributed by atoms with van der Waals surface area (Å²) in [6, 6.07) is 11.4. The van der Waals surface area contributed by atoms with Crippen molar-refractivity contribution in [2.75, 3.05) is 6.26 Å². The molecular formula is C22H22N4O3S2. The molecule has 2 heterocycles. The Morgan fingerprint density at radius 3 is 2.35 bits per heavy atom. The maximum absolute atomic E-state index is 11.9. The molecule has 1 aromatic carbocycles. The fourth-order valence-electron chi connectivity index (χ4n) is 3.74. The van der Waals surface area contributed by atoms with E-state index in [9.17, 15) is 10.1 Å². The Balaban J connectivity index is 1.49. The average molecular weight is 455 g/mol. The van der Waals surface area contributed by atoms with E-state index in [1.54, 1.807) is 36.3 Å². The second-order valence-corrected chi connectivity index (χ2v) is 9.48. The molecule has 0 bridgehead atoms. The molecule has 0 radical (unpaired) electrons. The van der Waals surface area contributed by atoms with E-state index in [4.69, 9.17) is 4.74 Å². The summed E-state index contributed by atoms with van der Waals surface area (Å²) in [6.07, 6.45) is 10.6. The van der Waals surface area contributed by atoms with Crippen molar-refractivity contribution >= 4 is 29.2 Å². The topological polar surface area (TPSA) is 91.0 Å². The standard InChI is InChI=1S/C22H22N4O3S2/c1-30-17-8-4-16(5-9-17)29-22-21(26(27)28)20(24-14-25-22)15-2-6-18(7-3-15)31-19-10-12-23-13-11-19/h4-5,8-15,18H,2-3,6-7H2,1H3. The Morgan fingerprint density at radius 1 is 1.00 bits per heavy atom. The van der Waals surface area contributed by atoms with Crippen LogP contribution in [0.15, 0.2) is 64.9 Å². The van der Waals surface area contributed by atoms with E-state index >= 15 is 0 Å². The van der Waals surface area contributed by atoms with Crippen LogP contribution in [0.2, 0.25) is 0 Å². The molecule has 0 spiro atoms. The van der Waals surface area contributed by atoms with Gasteiger partial charge in [-0.15, -0.1) is 23.5 Å². The Bertz CT molecular complexity index is 1030. The Morgan fingerprint density at radius 2 is 1.71 bits per heavy atom. The lowest BCUT2D eigenvalue weighted by atomic mass is 9.86. The Kier molecular flexibility index (Phi) is 7.03. The van der Waals surface area contributed by atoms with Crippen molar-refractivity contribution in [1.82, 2.24) is 15.0 Å². The predicted octanol–water partition coefficient (Wildman–Crippen LogP) is 6.11. The molecule has 9 heteroatoms. The maximum Gasteiger partial charge on any atom is 0.352 e. The van der Waals surface area contributed by atoms with Gasteiger partial charge in [-0.3, -0.25) is 15.1 Å². The van der Waals surface area contributed by atoms with Crippen LogP contribution < -0.4 is 4.74 Å². The lowest BCUT2D eigenvalue weighted by molar-refractivity contribution is -0.387. The van der Waals surface area contributed by atoms with Gasteiger partial charge in [0.05, 0.1) is 4.92 Å². The van der Waals surface area contributed by atoms with Crippen LogP contribution in [0.25, 0.3) is 0 Å². The molecule has 1 saturated carbocycles. The van der Waals surface area contributed by atoms with Crippen LogP contribution in [0.1, 0.15) is 37.3 Å². The fourth-order valence-corrected chi connectivity index (χ4v) is 5.32. The second-order valence-electron chi connectivity index (χ2n) is 7.22. The third-order valence-electron chi connectivity index (χ3n) is 5.29. The zero-order chi connectivity index (χ0) is 21.6. The first-order valence-electron chi connectivity index (χ1n) is 10.0. The van der Waals surface area contributed by atoms with E-state index in [2.05, 4.69) is 15.0 Å². The molecule has 3 aromatic rings. The maximum atomic E-state index is 11.9. The van der Waals surface area contributed by atoms with Gasteiger partial charge in [-0.1, -0.05) is 0 Å². The third kappa shape index (κ3) is 5.34. The first-order chi connectivity index (χ1) is 15.1. The smallest absolute Gasteiger partial charge is 0.352 e. The quantitative estimate of drug-likeness (QED) is 0.240. The Labute approximate surface area is 189 Å². The van der Waals surface area contributed by atoms with E-state index < -0.39 is 4.92 Å². The number of nitro groups is 1. The first kappa shape index (κ1) is 21.6. The lowest BCUT2D eigenvalue weighted by Crippen LogP contribution is -2.17. The van der Waals surface area contributed by atoms with Crippen LogP contribution in [0.4, 0.5) is 5.69 Å². The summed E-state index contributed by atoms with van der Waals surface area (Å²) in [5.41, 5.74) is 0.352. The number of hydrogen-bond acceptors (Lipinski definition) is 8. The molecule has 1 aliphatic rings. The molecule has 31 heavy (non-hydrogen) atoms. The van der Waals surface area contributed by atoms with Gasteiger partial charge < -0.3 is 4.74 Å². The van der Waals surface area contributed by atoms with Crippen LogP contribution in [0.3, 0.4) is 0 Å². The highest BCUT2D eigenvalue weighted by Gasteiger charge is 2.33. The molecule has 0 N–H and O–H groups in total. The summed E-state index contributed by atoms with van der Waals surface area (Å²) in [5, 5.41) is 12.4. The van der Waals surface area contributed by atoms with Crippen molar-refractivity contribution in [2.45, 2.75) is 46.6 Å². The van der Waals surface area contributed by atoms with Crippen molar-refractivity contribution in [1.29, 1.82) is 0 Å². The minimum atomic E-state index is -0.418. The van der Waals surface area contributed by atoms with Crippen molar-refractivity contribution in [3.8, 4) is 11.6 Å². The third-order valence-corrected chi connectivity index (χ3v) is 7.38. The minimum absolute atomic E-state index is 0.000172. The number of hydrogen-bond donors (Lipinski definition) is 0. The van der Waals surface area contributed by atoms with E-state index in [1.807, 2.05) is 42.3 Å². The number of pyridine rings is 1. The summed E-state index contributed by atoms with van der Waals surface area (Å²) in [4.78, 5) is 26.2. The minimum Gasteiger partial charge on any atom is -0.434 e. The first-order valence-corrected chi connectivity index (χ1v) is 12.1. The molecule has 160 valence electrons. The van der Waals surface area contributed by atoms with Gasteiger partial charge in [-0.2, -0.15) is 4.98 Å². The van der Waals surface area contributed by atoms with Gasteiger partial charge in [0.1, 0.15) is 17.8 Å². The summed E-state index contributed by atoms with van der Waals surface area (Å²) < 4.78 is 5.79. The molecule has 7 nitrogen and oxygen atoms in total. The highest BCUT2D eigenvalue weighted by atomic mass is 32.2. The molecule has 0 amide bonds. The predicted molar refractivity (Wildman–Crippen MR) is 122 cm³/mol. The highest BCUT2D eigenvalue weighted by molar-refractivity contribution is 8.00. The van der Waals surface area contributed by atoms with Crippen molar-refractivity contribution in [3.05, 3.63) is 70.9 Å². The van der Waals surface area contributed by atoms with Crippen LogP contribution in [0, 0.1) is 10.1 Å². The van der Waals surface area contributed by atoms with Crippen molar-refractivity contribution in [2.24, 2.45) is 0 Å². The van der Waals surface area contributed by atoms with Gasteiger partial charge >= 0.3 is 11.6 Å². The monoisotopic (exact) mass is 454 g/mol. The van der Waals surface area contributed by atoms with Gasteiger partial charge in [-0.25, -0.2) is 4.98 Å². The fraction of sp³-hybridized carbons (Fsp3) is 0.318. The number of nitrogens with zero attached hydrogens (tertiary/aromatic N) is 4. The zero-order valence-electron chi connectivity index (χ0n) is 17.0. The van der Waals surface area contributed by atoms with Gasteiger partial charge in [0.15, 0.2) is 0 Å². The molecule has 1 fully saturated rings. The summed E-state index contributed by atoms with van der Waals surface area (Å²) in [5.74, 6) is 0.544. The summed E-state index contributed by atoms with van der Waals surface area (Å²) in [6.45, 7) is 0. The SMILES string of the molecule is CSc1ccc(Oc2ncnc(C3CCC(Sc4ccncc4)CC3)c2[N+](=O)[O-])cc1. The molecule has 0 saturated heterocycles. The van der Waals surface area contributed by atoms with Crippen LogP contribution in [-0.4, -0.2) is 31.4 Å². The normalized spacial score (nSPS) is 18.5. The van der Waals surface area contributed by atoms with Gasteiger partial charge in [0.2, 0.25) is 0 Å². The highest BCUT2D eigenvalue weighted by Crippen LogP contribution is 2.43. The zero-order valence-corrected chi connectivity index (χ0v) is 18.6. The van der Waals surface area contributed by atoms with E-state index in [1.165, 1.54) is 11.2 Å². The van der Waals surface area contributed by atoms with Gasteiger partial charge in [0.25, 0.3) is 0 Å². The van der Waals surface area contributed by atoms with Gasteiger partial charge in [0, 0.05) is 33.4 Å². The molecule has 1 aliphatic carbocycles. The number of benzene rings is 1.